The van der Waals surface area contributed by atoms with E-state index < -0.39 is 22.2 Å². The molecule has 0 saturated carbocycles. The number of carbonyl (C=O) groups is 1. The fraction of sp³-hybridized carbons (Fsp3) is 0.304. The van der Waals surface area contributed by atoms with E-state index in [4.69, 9.17) is 14.2 Å². The Morgan fingerprint density at radius 1 is 1.09 bits per heavy atom. The third-order valence-electron chi connectivity index (χ3n) is 4.80. The first-order valence-corrected chi connectivity index (χ1v) is 11.9. The van der Waals surface area contributed by atoms with Crippen molar-refractivity contribution in [3.63, 3.8) is 0 Å². The third-order valence-corrected chi connectivity index (χ3v) is 6.63. The molecule has 0 aliphatic rings. The molecule has 0 bridgehead atoms. The number of aryl methyl sites for hydroxylation is 1. The van der Waals surface area contributed by atoms with E-state index in [0.717, 1.165) is 4.31 Å². The van der Waals surface area contributed by atoms with Gasteiger partial charge >= 0.3 is 0 Å². The van der Waals surface area contributed by atoms with Gasteiger partial charge in [0.25, 0.3) is 5.91 Å². The maximum absolute atomic E-state index is 12.8. The summed E-state index contributed by atoms with van der Waals surface area (Å²) >= 11 is 0. The van der Waals surface area contributed by atoms with Gasteiger partial charge in [0, 0.05) is 58.6 Å². The maximum Gasteiger partial charge on any atom is 0.257 e. The average Bonchev–Trinajstić information content (AvgIpc) is 3.21. The molecule has 0 fully saturated rings. The standard InChI is InChI=1S/C23H28N4O6S/c1-6-22(31-5)33-19-14-16(23(28)24-21-11-12-27(4)25-21)13-18(15-19)32-17-7-9-20(10-8-17)34(29,30)26(2)3/h7-15,22H,6H2,1-5H3,(H,24,25,28). The van der Waals surface area contributed by atoms with Gasteiger partial charge < -0.3 is 19.5 Å². The summed E-state index contributed by atoms with van der Waals surface area (Å²) in [6.45, 7) is 1.91. The first-order chi connectivity index (χ1) is 16.1. The van der Waals surface area contributed by atoms with Crippen molar-refractivity contribution in [3.8, 4) is 17.2 Å². The van der Waals surface area contributed by atoms with Crippen molar-refractivity contribution in [2.24, 2.45) is 7.05 Å². The summed E-state index contributed by atoms with van der Waals surface area (Å²) in [5, 5.41) is 6.88. The molecule has 0 aliphatic heterocycles. The molecule has 1 heterocycles. The van der Waals surface area contributed by atoms with E-state index in [0.29, 0.717) is 29.5 Å². The highest BCUT2D eigenvalue weighted by Crippen LogP contribution is 2.30. The number of nitrogens with one attached hydrogen (secondary N) is 1. The minimum Gasteiger partial charge on any atom is -0.465 e. The molecule has 10 nitrogen and oxygen atoms in total. The van der Waals surface area contributed by atoms with Crippen LogP contribution in [0.3, 0.4) is 0 Å². The summed E-state index contributed by atoms with van der Waals surface area (Å²) < 4.78 is 44.3. The van der Waals surface area contributed by atoms with Crippen molar-refractivity contribution in [1.29, 1.82) is 0 Å². The van der Waals surface area contributed by atoms with Crippen molar-refractivity contribution in [1.82, 2.24) is 14.1 Å². The van der Waals surface area contributed by atoms with E-state index in [1.807, 2.05) is 6.92 Å². The molecule has 2 aromatic carbocycles. The Bertz CT molecular complexity index is 1230. The number of methoxy groups -OCH3 is 1. The fourth-order valence-corrected chi connectivity index (χ4v) is 3.88. The van der Waals surface area contributed by atoms with E-state index in [-0.39, 0.29) is 10.5 Å². The molecule has 34 heavy (non-hydrogen) atoms. The van der Waals surface area contributed by atoms with Gasteiger partial charge in [-0.3, -0.25) is 9.48 Å². The number of hydrogen-bond donors (Lipinski definition) is 1. The Kier molecular flexibility index (Phi) is 7.92. The van der Waals surface area contributed by atoms with Gasteiger partial charge in [0.2, 0.25) is 10.0 Å². The summed E-state index contributed by atoms with van der Waals surface area (Å²) in [5.41, 5.74) is 0.288. The van der Waals surface area contributed by atoms with Crippen LogP contribution in [-0.4, -0.2) is 55.9 Å². The Labute approximate surface area is 199 Å². The predicted octanol–water partition coefficient (Wildman–Crippen LogP) is 3.48. The molecule has 1 unspecified atom stereocenters. The van der Waals surface area contributed by atoms with Gasteiger partial charge in [0.05, 0.1) is 4.90 Å². The first kappa shape index (κ1) is 25.2. The molecule has 3 rings (SSSR count). The molecule has 0 spiro atoms. The molecule has 0 aliphatic carbocycles. The van der Waals surface area contributed by atoms with Crippen LogP contribution < -0.4 is 14.8 Å². The molecular formula is C23H28N4O6S. The van der Waals surface area contributed by atoms with Crippen LogP contribution in [0.15, 0.2) is 59.6 Å². The van der Waals surface area contributed by atoms with Crippen molar-refractivity contribution < 1.29 is 27.4 Å². The Balaban J connectivity index is 1.89. The van der Waals surface area contributed by atoms with E-state index in [9.17, 15) is 13.2 Å². The molecular weight excluding hydrogens is 460 g/mol. The second kappa shape index (κ2) is 10.7. The molecule has 1 N–H and O–H groups in total. The normalized spacial score (nSPS) is 12.4. The van der Waals surface area contributed by atoms with E-state index in [1.165, 1.54) is 33.3 Å². The molecule has 0 radical (unpaired) electrons. The summed E-state index contributed by atoms with van der Waals surface area (Å²) in [6, 6.07) is 12.4. The number of benzene rings is 2. The number of ether oxygens (including phenoxy) is 3. The zero-order chi connectivity index (χ0) is 24.9. The highest BCUT2D eigenvalue weighted by Gasteiger charge is 2.18. The molecule has 182 valence electrons. The van der Waals surface area contributed by atoms with Crippen LogP contribution in [0.1, 0.15) is 23.7 Å². The summed E-state index contributed by atoms with van der Waals surface area (Å²) in [4.78, 5) is 13.0. The summed E-state index contributed by atoms with van der Waals surface area (Å²) in [5.74, 6) is 1.11. The van der Waals surface area contributed by atoms with Crippen molar-refractivity contribution in [3.05, 3.63) is 60.3 Å². The van der Waals surface area contributed by atoms with Gasteiger partial charge in [-0.1, -0.05) is 6.92 Å². The van der Waals surface area contributed by atoms with Crippen LogP contribution in [0.25, 0.3) is 0 Å². The maximum atomic E-state index is 12.8. The van der Waals surface area contributed by atoms with Crippen molar-refractivity contribution in [2.75, 3.05) is 26.5 Å². The lowest BCUT2D eigenvalue weighted by Crippen LogP contribution is -2.22. The average molecular weight is 489 g/mol. The van der Waals surface area contributed by atoms with Crippen molar-refractivity contribution >= 4 is 21.7 Å². The number of amides is 1. The second-order valence-corrected chi connectivity index (χ2v) is 9.73. The van der Waals surface area contributed by atoms with Crippen LogP contribution in [0.4, 0.5) is 5.82 Å². The number of carbonyl (C=O) groups excluding carboxylic acids is 1. The lowest BCUT2D eigenvalue weighted by atomic mass is 10.2. The number of hydrogen-bond acceptors (Lipinski definition) is 7. The fourth-order valence-electron chi connectivity index (χ4n) is 2.98. The van der Waals surface area contributed by atoms with Crippen molar-refractivity contribution in [2.45, 2.75) is 24.5 Å². The first-order valence-electron chi connectivity index (χ1n) is 10.5. The number of sulfonamides is 1. The Morgan fingerprint density at radius 2 is 1.76 bits per heavy atom. The second-order valence-electron chi connectivity index (χ2n) is 7.57. The molecule has 1 atom stereocenters. The van der Waals surface area contributed by atoms with Gasteiger partial charge in [-0.05, 0) is 36.4 Å². The SMILES string of the molecule is CCC(OC)Oc1cc(Oc2ccc(S(=O)(=O)N(C)C)cc2)cc(C(=O)Nc2ccn(C)n2)c1. The monoisotopic (exact) mass is 488 g/mol. The van der Waals surface area contributed by atoms with Gasteiger partial charge in [-0.2, -0.15) is 5.10 Å². The zero-order valence-electron chi connectivity index (χ0n) is 19.7. The van der Waals surface area contributed by atoms with E-state index in [2.05, 4.69) is 10.4 Å². The van der Waals surface area contributed by atoms with Crippen LogP contribution in [0.2, 0.25) is 0 Å². The minimum atomic E-state index is -3.56. The topological polar surface area (TPSA) is 112 Å². The smallest absolute Gasteiger partial charge is 0.257 e. The number of rotatable bonds is 10. The summed E-state index contributed by atoms with van der Waals surface area (Å²) in [7, 11) is 2.66. The van der Waals surface area contributed by atoms with Gasteiger partial charge in [0.15, 0.2) is 12.1 Å². The van der Waals surface area contributed by atoms with Gasteiger partial charge in [-0.25, -0.2) is 12.7 Å². The number of aromatic nitrogens is 2. The molecule has 1 aromatic heterocycles. The third kappa shape index (κ3) is 6.13. The Hall–Kier alpha value is -3.41. The Morgan fingerprint density at radius 3 is 2.32 bits per heavy atom. The molecule has 0 saturated heterocycles. The van der Waals surface area contributed by atoms with E-state index in [1.54, 1.807) is 54.3 Å². The lowest BCUT2D eigenvalue weighted by Gasteiger charge is -2.17. The van der Waals surface area contributed by atoms with Crippen LogP contribution in [-0.2, 0) is 21.8 Å². The quantitative estimate of drug-likeness (QED) is 0.435. The highest BCUT2D eigenvalue weighted by atomic mass is 32.2. The van der Waals surface area contributed by atoms with Crippen LogP contribution in [0.5, 0.6) is 17.2 Å². The largest absolute Gasteiger partial charge is 0.465 e. The molecule has 11 heteroatoms. The lowest BCUT2D eigenvalue weighted by molar-refractivity contribution is -0.0549. The predicted molar refractivity (Wildman–Crippen MR) is 127 cm³/mol. The molecule has 3 aromatic rings. The molecule has 1 amide bonds. The number of anilines is 1. The highest BCUT2D eigenvalue weighted by molar-refractivity contribution is 7.89. The minimum absolute atomic E-state index is 0.142. The van der Waals surface area contributed by atoms with Crippen LogP contribution >= 0.6 is 0 Å². The zero-order valence-corrected chi connectivity index (χ0v) is 20.5. The van der Waals surface area contributed by atoms with E-state index >= 15 is 0 Å². The van der Waals surface area contributed by atoms with Crippen LogP contribution in [0, 0.1) is 0 Å². The summed E-state index contributed by atoms with van der Waals surface area (Å²) in [6.07, 6.45) is 1.81. The van der Waals surface area contributed by atoms with Gasteiger partial charge in [0.1, 0.15) is 17.2 Å². The van der Waals surface area contributed by atoms with Gasteiger partial charge in [-0.15, -0.1) is 0 Å². The number of nitrogens with zero attached hydrogens (tertiary/aromatic N) is 3.